The van der Waals surface area contributed by atoms with Crippen molar-refractivity contribution in [3.63, 3.8) is 0 Å². The third-order valence-electron chi connectivity index (χ3n) is 3.13. The van der Waals surface area contributed by atoms with Gasteiger partial charge in [-0.15, -0.1) is 4.83 Å². The van der Waals surface area contributed by atoms with Crippen molar-refractivity contribution in [3.05, 3.63) is 53.8 Å². The van der Waals surface area contributed by atoms with Gasteiger partial charge in [-0.3, -0.25) is 10.2 Å². The Labute approximate surface area is 144 Å². The fraction of sp³-hybridized carbons (Fsp3) is 0.188. The number of sulfonamides is 1. The molecule has 0 aliphatic rings. The van der Waals surface area contributed by atoms with E-state index in [1.807, 2.05) is 4.83 Å². The smallest absolute Gasteiger partial charge is 0.266 e. The van der Waals surface area contributed by atoms with Gasteiger partial charge in [0.2, 0.25) is 0 Å². The van der Waals surface area contributed by atoms with E-state index < -0.39 is 21.7 Å². The average Bonchev–Trinajstić information content (AvgIpc) is 2.60. The van der Waals surface area contributed by atoms with E-state index >= 15 is 0 Å². The Morgan fingerprint density at radius 1 is 1.16 bits per heavy atom. The van der Waals surface area contributed by atoms with Crippen molar-refractivity contribution in [3.8, 4) is 11.5 Å². The first-order chi connectivity index (χ1) is 11.9. The molecule has 0 radical (unpaired) electrons. The zero-order valence-corrected chi connectivity index (χ0v) is 14.4. The van der Waals surface area contributed by atoms with Crippen LogP contribution < -0.4 is 19.7 Å². The molecule has 0 bridgehead atoms. The molecule has 25 heavy (non-hydrogen) atoms. The monoisotopic (exact) mass is 368 g/mol. The summed E-state index contributed by atoms with van der Waals surface area (Å²) in [4.78, 5) is 13.7. The molecule has 1 amide bonds. The minimum atomic E-state index is -4.10. The summed E-state index contributed by atoms with van der Waals surface area (Å²) in [5.41, 5.74) is 2.22. The molecule has 9 heteroatoms. The summed E-state index contributed by atoms with van der Waals surface area (Å²) in [5.74, 6) is -0.615. The Hall–Kier alpha value is -2.65. The number of ether oxygens (including phenoxy) is 2. The second kappa shape index (κ2) is 7.95. The molecule has 7 nitrogen and oxygen atoms in total. The molecule has 0 aromatic heterocycles. The highest BCUT2D eigenvalue weighted by Crippen LogP contribution is 2.27. The van der Waals surface area contributed by atoms with Crippen molar-refractivity contribution in [1.82, 2.24) is 10.3 Å². The predicted molar refractivity (Wildman–Crippen MR) is 88.4 cm³/mol. The van der Waals surface area contributed by atoms with Gasteiger partial charge in [0.15, 0.2) is 11.5 Å². The third-order valence-corrected chi connectivity index (χ3v) is 4.38. The topological polar surface area (TPSA) is 93.7 Å². The van der Waals surface area contributed by atoms with Gasteiger partial charge in [0.1, 0.15) is 5.82 Å². The quantitative estimate of drug-likeness (QED) is 0.728. The molecule has 0 saturated carbocycles. The Morgan fingerprint density at radius 2 is 1.92 bits per heavy atom. The number of amides is 1. The molecular formula is C16H17FN2O5S. The van der Waals surface area contributed by atoms with Crippen LogP contribution in [0.1, 0.15) is 17.3 Å². The molecule has 0 aliphatic heterocycles. The van der Waals surface area contributed by atoms with E-state index in [9.17, 15) is 17.6 Å². The molecule has 0 unspecified atom stereocenters. The van der Waals surface area contributed by atoms with Crippen molar-refractivity contribution >= 4 is 15.9 Å². The molecule has 2 aromatic rings. The van der Waals surface area contributed by atoms with Crippen LogP contribution in [-0.2, 0) is 10.0 Å². The van der Waals surface area contributed by atoms with Crippen LogP contribution in [0.25, 0.3) is 0 Å². The average molecular weight is 368 g/mol. The summed E-state index contributed by atoms with van der Waals surface area (Å²) < 4.78 is 47.7. The zero-order valence-electron chi connectivity index (χ0n) is 13.6. The van der Waals surface area contributed by atoms with E-state index in [2.05, 4.69) is 5.43 Å². The first kappa shape index (κ1) is 18.7. The minimum Gasteiger partial charge on any atom is -0.493 e. The van der Waals surface area contributed by atoms with Crippen molar-refractivity contribution in [2.24, 2.45) is 0 Å². The molecule has 0 spiro atoms. The number of hydrogen-bond acceptors (Lipinski definition) is 5. The number of nitrogens with one attached hydrogen (secondary N) is 2. The van der Waals surface area contributed by atoms with Gasteiger partial charge in [0, 0.05) is 5.56 Å². The maximum Gasteiger partial charge on any atom is 0.266 e. The number of methoxy groups -OCH3 is 1. The highest BCUT2D eigenvalue weighted by atomic mass is 32.2. The lowest BCUT2D eigenvalue weighted by Gasteiger charge is -2.12. The van der Waals surface area contributed by atoms with E-state index in [0.29, 0.717) is 18.1 Å². The summed E-state index contributed by atoms with van der Waals surface area (Å²) >= 11 is 0. The fourth-order valence-electron chi connectivity index (χ4n) is 1.96. The number of hydrazine groups is 1. The van der Waals surface area contributed by atoms with E-state index in [1.165, 1.54) is 37.4 Å². The maximum absolute atomic E-state index is 13.1. The Bertz CT molecular complexity index is 871. The van der Waals surface area contributed by atoms with Crippen LogP contribution >= 0.6 is 0 Å². The summed E-state index contributed by atoms with van der Waals surface area (Å²) in [6, 6.07) is 8.83. The van der Waals surface area contributed by atoms with Crippen LogP contribution in [0.5, 0.6) is 11.5 Å². The van der Waals surface area contributed by atoms with Gasteiger partial charge in [0.05, 0.1) is 18.6 Å². The van der Waals surface area contributed by atoms with Gasteiger partial charge in [0.25, 0.3) is 15.9 Å². The van der Waals surface area contributed by atoms with Crippen LogP contribution in [0.2, 0.25) is 0 Å². The first-order valence-corrected chi connectivity index (χ1v) is 8.74. The summed E-state index contributed by atoms with van der Waals surface area (Å²) in [6.45, 7) is 2.23. The molecule has 0 atom stereocenters. The fourth-order valence-corrected chi connectivity index (χ4v) is 2.83. The molecular weight excluding hydrogens is 351 g/mol. The Morgan fingerprint density at radius 3 is 2.56 bits per heavy atom. The molecule has 2 rings (SSSR count). The van der Waals surface area contributed by atoms with E-state index in [-0.39, 0.29) is 10.5 Å². The first-order valence-electron chi connectivity index (χ1n) is 7.26. The molecule has 0 aliphatic carbocycles. The highest BCUT2D eigenvalue weighted by Gasteiger charge is 2.17. The second-order valence-corrected chi connectivity index (χ2v) is 6.50. The van der Waals surface area contributed by atoms with Gasteiger partial charge in [-0.1, -0.05) is 6.07 Å². The predicted octanol–water partition coefficient (Wildman–Crippen LogP) is 1.86. The molecule has 0 heterocycles. The van der Waals surface area contributed by atoms with Crippen molar-refractivity contribution < 1.29 is 27.1 Å². The van der Waals surface area contributed by atoms with E-state index in [1.54, 1.807) is 6.92 Å². The normalized spacial score (nSPS) is 11.0. The number of hydrogen-bond donors (Lipinski definition) is 2. The van der Waals surface area contributed by atoms with Crippen LogP contribution in [0.3, 0.4) is 0 Å². The van der Waals surface area contributed by atoms with Crippen LogP contribution in [-0.4, -0.2) is 28.0 Å². The lowest BCUT2D eigenvalue weighted by Crippen LogP contribution is -2.41. The lowest BCUT2D eigenvalue weighted by atomic mass is 10.2. The lowest BCUT2D eigenvalue weighted by molar-refractivity contribution is 0.0944. The van der Waals surface area contributed by atoms with Gasteiger partial charge >= 0.3 is 0 Å². The molecule has 0 saturated heterocycles. The van der Waals surface area contributed by atoms with Gasteiger partial charge in [-0.2, -0.15) is 0 Å². The molecule has 0 fully saturated rings. The van der Waals surface area contributed by atoms with Crippen LogP contribution in [0, 0.1) is 5.82 Å². The molecule has 2 N–H and O–H groups in total. The van der Waals surface area contributed by atoms with E-state index in [4.69, 9.17) is 9.47 Å². The van der Waals surface area contributed by atoms with Crippen molar-refractivity contribution in [2.45, 2.75) is 11.8 Å². The summed E-state index contributed by atoms with van der Waals surface area (Å²) in [6.07, 6.45) is 0. The summed E-state index contributed by atoms with van der Waals surface area (Å²) in [5, 5.41) is 0. The van der Waals surface area contributed by atoms with Crippen molar-refractivity contribution in [2.75, 3.05) is 13.7 Å². The number of benzene rings is 2. The number of rotatable bonds is 7. The van der Waals surface area contributed by atoms with Crippen LogP contribution in [0.15, 0.2) is 47.4 Å². The van der Waals surface area contributed by atoms with E-state index in [0.717, 1.165) is 12.1 Å². The Kier molecular flexibility index (Phi) is 5.94. The largest absolute Gasteiger partial charge is 0.493 e. The maximum atomic E-state index is 13.1. The molecule has 134 valence electrons. The number of carbonyl (C=O) groups is 1. The third kappa shape index (κ3) is 4.68. The number of carbonyl (C=O) groups excluding carboxylic acids is 1. The summed E-state index contributed by atoms with van der Waals surface area (Å²) in [7, 11) is -2.67. The van der Waals surface area contributed by atoms with Gasteiger partial charge in [-0.05, 0) is 43.3 Å². The zero-order chi connectivity index (χ0) is 18.4. The standard InChI is InChI=1S/C16H17FN2O5S/c1-3-24-14-8-7-11(9-15(14)23-2)16(20)18-19-25(21,22)13-6-4-5-12(17)10-13/h4-10,19H,3H2,1-2H3,(H,18,20). The van der Waals surface area contributed by atoms with Gasteiger partial charge < -0.3 is 9.47 Å². The van der Waals surface area contributed by atoms with Crippen LogP contribution in [0.4, 0.5) is 4.39 Å². The Balaban J connectivity index is 2.12. The SMILES string of the molecule is CCOc1ccc(C(=O)NNS(=O)(=O)c2cccc(F)c2)cc1OC. The molecule has 2 aromatic carbocycles. The van der Waals surface area contributed by atoms with Gasteiger partial charge in [-0.25, -0.2) is 12.8 Å². The van der Waals surface area contributed by atoms with Crippen molar-refractivity contribution in [1.29, 1.82) is 0 Å². The second-order valence-electron chi connectivity index (χ2n) is 4.82. The minimum absolute atomic E-state index is 0.155. The highest BCUT2D eigenvalue weighted by molar-refractivity contribution is 7.89. The number of halogens is 1.